The summed E-state index contributed by atoms with van der Waals surface area (Å²) < 4.78 is 34.0. The third kappa shape index (κ3) is 22.4. The number of hydrogen-bond acceptors (Lipinski definition) is 18. The highest BCUT2D eigenvalue weighted by Crippen LogP contribution is 2.33. The molecule has 19 nitrogen and oxygen atoms in total. The predicted octanol–water partition coefficient (Wildman–Crippen LogP) is 2.59. The van der Waals surface area contributed by atoms with E-state index in [1.165, 1.54) is 64.2 Å². The van der Waals surface area contributed by atoms with Gasteiger partial charge in [-0.15, -0.1) is 0 Å². The molecule has 0 radical (unpaired) electrons. The van der Waals surface area contributed by atoms with Gasteiger partial charge in [-0.3, -0.25) is 4.79 Å². The molecular weight excluding hydrogens is 927 g/mol. The molecule has 3 aliphatic rings. The SMILES string of the molecule is CCCCC/C=C/C(O)C(COC1OC(CO)C(OC2OC(CO)C(OC3OC(CO)C(O)C(O)C3O)C(O)C2O)C(O)C1O)NC(=O)CCCCCCCCCCC/C=C\C/C=C\CCCCCCC. The predicted molar refractivity (Wildman–Crippen MR) is 263 cm³/mol. The maximum atomic E-state index is 13.2. The van der Waals surface area contributed by atoms with Crippen molar-refractivity contribution in [2.45, 2.75) is 259 Å². The second-order valence-corrected chi connectivity index (χ2v) is 19.3. The number of unbranched alkanes of at least 4 members (excludes halogenated alkanes) is 17. The van der Waals surface area contributed by atoms with Gasteiger partial charge in [0.25, 0.3) is 0 Å². The third-order valence-corrected chi connectivity index (χ3v) is 13.4. The van der Waals surface area contributed by atoms with Gasteiger partial charge < -0.3 is 89.9 Å². The molecule has 0 spiro atoms. The Morgan fingerprint density at radius 3 is 1.46 bits per heavy atom. The van der Waals surface area contributed by atoms with Crippen molar-refractivity contribution in [3.8, 4) is 0 Å². The minimum atomic E-state index is -1.98. The summed E-state index contributed by atoms with van der Waals surface area (Å²) in [5.74, 6) is -0.290. The van der Waals surface area contributed by atoms with Crippen molar-refractivity contribution >= 4 is 5.91 Å². The number of nitrogens with one attached hydrogen (secondary N) is 1. The van der Waals surface area contributed by atoms with Crippen LogP contribution in [0.1, 0.15) is 155 Å². The fraction of sp³-hybridized carbons (Fsp3) is 0.865. The lowest BCUT2D eigenvalue weighted by Gasteiger charge is -2.48. The number of carbonyl (C=O) groups is 1. The van der Waals surface area contributed by atoms with Crippen LogP contribution in [-0.2, 0) is 33.2 Å². The summed E-state index contributed by atoms with van der Waals surface area (Å²) >= 11 is 0. The van der Waals surface area contributed by atoms with Crippen LogP contribution in [0.2, 0.25) is 0 Å². The van der Waals surface area contributed by atoms with Gasteiger partial charge in [0.15, 0.2) is 18.9 Å². The van der Waals surface area contributed by atoms with Crippen LogP contribution >= 0.6 is 0 Å². The van der Waals surface area contributed by atoms with Crippen LogP contribution in [0.5, 0.6) is 0 Å². The Bertz CT molecular complexity index is 1450. The number of allylic oxidation sites excluding steroid dienone is 5. The largest absolute Gasteiger partial charge is 0.394 e. The number of ether oxygens (including phenoxy) is 6. The Balaban J connectivity index is 1.44. The van der Waals surface area contributed by atoms with Crippen molar-refractivity contribution in [3.63, 3.8) is 0 Å². The van der Waals surface area contributed by atoms with Gasteiger partial charge in [-0.25, -0.2) is 0 Å². The molecule has 0 aromatic rings. The Morgan fingerprint density at radius 2 is 0.930 bits per heavy atom. The zero-order chi connectivity index (χ0) is 52.0. The fourth-order valence-corrected chi connectivity index (χ4v) is 8.92. The average molecular weight is 1020 g/mol. The molecule has 17 atom stereocenters. The van der Waals surface area contributed by atoms with Crippen LogP contribution < -0.4 is 5.32 Å². The molecule has 0 saturated carbocycles. The highest BCUT2D eigenvalue weighted by Gasteiger charge is 2.53. The van der Waals surface area contributed by atoms with Gasteiger partial charge in [0.1, 0.15) is 73.2 Å². The number of carbonyl (C=O) groups excluding carboxylic acids is 1. The summed E-state index contributed by atoms with van der Waals surface area (Å²) in [7, 11) is 0. The highest BCUT2D eigenvalue weighted by molar-refractivity contribution is 5.76. The molecule has 71 heavy (non-hydrogen) atoms. The van der Waals surface area contributed by atoms with Crippen LogP contribution in [0.3, 0.4) is 0 Å². The van der Waals surface area contributed by atoms with E-state index in [0.717, 1.165) is 64.2 Å². The van der Waals surface area contributed by atoms with Crippen LogP contribution in [0.25, 0.3) is 0 Å². The molecule has 3 rings (SSSR count). The monoisotopic (exact) mass is 1020 g/mol. The molecule has 19 heteroatoms. The van der Waals surface area contributed by atoms with Crippen LogP contribution in [0.4, 0.5) is 0 Å². The van der Waals surface area contributed by atoms with Crippen LogP contribution in [0, 0.1) is 0 Å². The summed E-state index contributed by atoms with van der Waals surface area (Å²) in [6.45, 7) is 1.55. The highest BCUT2D eigenvalue weighted by atomic mass is 16.8. The van der Waals surface area contributed by atoms with Crippen LogP contribution in [0.15, 0.2) is 36.5 Å². The summed E-state index contributed by atoms with van der Waals surface area (Å²) in [4.78, 5) is 13.2. The number of aliphatic hydroxyl groups excluding tert-OH is 11. The summed E-state index contributed by atoms with van der Waals surface area (Å²) in [5.41, 5.74) is 0. The molecule has 17 unspecified atom stereocenters. The molecule has 0 aromatic carbocycles. The van der Waals surface area contributed by atoms with E-state index in [0.29, 0.717) is 6.42 Å². The Labute approximate surface area is 421 Å². The van der Waals surface area contributed by atoms with Crippen molar-refractivity contribution in [2.75, 3.05) is 26.4 Å². The molecule has 0 bridgehead atoms. The first-order chi connectivity index (χ1) is 34.3. The smallest absolute Gasteiger partial charge is 0.220 e. The number of amides is 1. The van der Waals surface area contributed by atoms with E-state index in [2.05, 4.69) is 43.5 Å². The summed E-state index contributed by atoms with van der Waals surface area (Å²) in [6.07, 6.45) is 9.28. The lowest BCUT2D eigenvalue weighted by Crippen LogP contribution is -2.66. The number of aliphatic hydroxyl groups is 11. The molecule has 1 amide bonds. The molecule has 3 saturated heterocycles. The molecule has 0 aromatic heterocycles. The molecule has 3 fully saturated rings. The Hall–Kier alpha value is -1.99. The minimum Gasteiger partial charge on any atom is -0.394 e. The maximum absolute atomic E-state index is 13.2. The molecule has 3 aliphatic heterocycles. The van der Waals surface area contributed by atoms with Crippen molar-refractivity contribution in [2.24, 2.45) is 0 Å². The number of rotatable bonds is 37. The maximum Gasteiger partial charge on any atom is 0.220 e. The fourth-order valence-electron chi connectivity index (χ4n) is 8.92. The van der Waals surface area contributed by atoms with E-state index in [1.54, 1.807) is 6.08 Å². The van der Waals surface area contributed by atoms with Crippen molar-refractivity contribution in [3.05, 3.63) is 36.5 Å². The van der Waals surface area contributed by atoms with E-state index in [4.69, 9.17) is 28.4 Å². The summed E-state index contributed by atoms with van der Waals surface area (Å²) in [5, 5.41) is 119. The first-order valence-corrected chi connectivity index (χ1v) is 26.7. The van der Waals surface area contributed by atoms with E-state index >= 15 is 0 Å². The first-order valence-electron chi connectivity index (χ1n) is 26.7. The zero-order valence-electron chi connectivity index (χ0n) is 42.4. The Kier molecular flexibility index (Phi) is 32.9. The topological polar surface area (TPSA) is 307 Å². The second-order valence-electron chi connectivity index (χ2n) is 19.3. The summed E-state index contributed by atoms with van der Waals surface area (Å²) in [6, 6.07) is -0.970. The van der Waals surface area contributed by atoms with Crippen molar-refractivity contribution in [1.29, 1.82) is 0 Å². The van der Waals surface area contributed by atoms with Crippen molar-refractivity contribution in [1.82, 2.24) is 5.32 Å². The molecule has 0 aliphatic carbocycles. The van der Waals surface area contributed by atoms with Gasteiger partial charge in [0, 0.05) is 6.42 Å². The third-order valence-electron chi connectivity index (χ3n) is 13.4. The van der Waals surface area contributed by atoms with Gasteiger partial charge in [-0.05, 0) is 51.4 Å². The molecular formula is C52H93NO18. The van der Waals surface area contributed by atoms with Gasteiger partial charge in [-0.1, -0.05) is 134 Å². The lowest BCUT2D eigenvalue weighted by atomic mass is 9.96. The first kappa shape index (κ1) is 63.3. The Morgan fingerprint density at radius 1 is 0.507 bits per heavy atom. The molecule has 12 N–H and O–H groups in total. The second kappa shape index (κ2) is 36.9. The molecule has 3 heterocycles. The van der Waals surface area contributed by atoms with Crippen molar-refractivity contribution < 1.29 is 89.4 Å². The zero-order valence-corrected chi connectivity index (χ0v) is 42.4. The minimum absolute atomic E-state index is 0.236. The van der Waals surface area contributed by atoms with E-state index in [-0.39, 0.29) is 18.9 Å². The average Bonchev–Trinajstić information content (AvgIpc) is 3.36. The van der Waals surface area contributed by atoms with Gasteiger partial charge in [0.2, 0.25) is 5.91 Å². The van der Waals surface area contributed by atoms with Gasteiger partial charge in [0.05, 0.1) is 38.6 Å². The molecule has 414 valence electrons. The van der Waals surface area contributed by atoms with E-state index in [9.17, 15) is 61.0 Å². The quantitative estimate of drug-likeness (QED) is 0.0314. The standard InChI is InChI=1S/C52H93NO18/c1-3-5-7-9-10-11-12-13-14-15-16-17-18-19-20-21-22-23-24-26-28-30-40(58)53-35(36(57)29-27-25-8-6-4-2)34-66-50-46(64)43(61)48(38(32-55)68-50)71-52-47(65)44(62)49(39(33-56)69-52)70-51-45(63)42(60)41(59)37(31-54)67-51/h12-13,15-16,27,29,35-39,41-52,54-57,59-65H,3-11,14,17-26,28,30-34H2,1-2H3,(H,53,58)/b13-12-,16-15-,29-27+. The van der Waals surface area contributed by atoms with Gasteiger partial charge >= 0.3 is 0 Å². The van der Waals surface area contributed by atoms with E-state index < -0.39 is 124 Å². The normalized spacial score (nSPS) is 32.5. The van der Waals surface area contributed by atoms with E-state index in [1.807, 2.05) is 6.08 Å². The number of hydrogen-bond donors (Lipinski definition) is 12. The lowest BCUT2D eigenvalue weighted by molar-refractivity contribution is -0.379. The van der Waals surface area contributed by atoms with Gasteiger partial charge in [-0.2, -0.15) is 0 Å². The van der Waals surface area contributed by atoms with Crippen LogP contribution in [-0.4, -0.2) is 193 Å².